The molecular weight excluding hydrogens is 244 g/mol. The van der Waals surface area contributed by atoms with Gasteiger partial charge in [-0.25, -0.2) is 0 Å². The van der Waals surface area contributed by atoms with Gasteiger partial charge in [0.1, 0.15) is 0 Å². The first-order valence-electron chi connectivity index (χ1n) is 6.54. The summed E-state index contributed by atoms with van der Waals surface area (Å²) in [6.45, 7) is 1.44. The maximum atomic E-state index is 12.2. The van der Waals surface area contributed by atoms with E-state index in [1.807, 2.05) is 24.3 Å². The number of para-hydroxylation sites is 1. The van der Waals surface area contributed by atoms with Crippen LogP contribution in [0, 0.1) is 0 Å². The molecule has 1 unspecified atom stereocenters. The highest BCUT2D eigenvalue weighted by Gasteiger charge is 2.26. The summed E-state index contributed by atoms with van der Waals surface area (Å²) >= 11 is 0. The predicted molar refractivity (Wildman–Crippen MR) is 72.6 cm³/mol. The van der Waals surface area contributed by atoms with Crippen LogP contribution in [0.2, 0.25) is 0 Å². The summed E-state index contributed by atoms with van der Waals surface area (Å²) in [4.78, 5) is 13.9. The van der Waals surface area contributed by atoms with E-state index in [9.17, 15) is 9.90 Å². The summed E-state index contributed by atoms with van der Waals surface area (Å²) in [7, 11) is 0. The number of aliphatic hydroxyl groups excluding tert-OH is 1. The summed E-state index contributed by atoms with van der Waals surface area (Å²) < 4.78 is 5.26. The smallest absolute Gasteiger partial charge is 0.223 e. The van der Waals surface area contributed by atoms with E-state index in [1.54, 1.807) is 4.90 Å². The Balaban J connectivity index is 1.92. The van der Waals surface area contributed by atoms with E-state index < -0.39 is 0 Å². The van der Waals surface area contributed by atoms with Crippen LogP contribution in [0.25, 0.3) is 0 Å². The van der Waals surface area contributed by atoms with Crippen molar-refractivity contribution in [3.05, 3.63) is 29.8 Å². The first-order valence-corrected chi connectivity index (χ1v) is 6.54. The average Bonchev–Trinajstić information content (AvgIpc) is 2.46. The summed E-state index contributed by atoms with van der Waals surface area (Å²) in [6.07, 6.45) is 1.03. The highest BCUT2D eigenvalue weighted by Crippen LogP contribution is 2.15. The van der Waals surface area contributed by atoms with Crippen molar-refractivity contribution in [1.82, 2.24) is 4.90 Å². The van der Waals surface area contributed by atoms with Gasteiger partial charge in [-0.05, 0) is 18.1 Å². The molecule has 3 N–H and O–H groups in total. The zero-order chi connectivity index (χ0) is 13.7. The number of nitrogens with two attached hydrogens (primary N) is 1. The van der Waals surface area contributed by atoms with Gasteiger partial charge in [-0.1, -0.05) is 18.2 Å². The molecule has 2 rings (SSSR count). The number of anilines is 1. The predicted octanol–water partition coefficient (Wildman–Crippen LogP) is 0.421. The number of aliphatic hydroxyl groups is 1. The average molecular weight is 264 g/mol. The molecule has 1 atom stereocenters. The lowest BCUT2D eigenvalue weighted by molar-refractivity contribution is -0.141. The fourth-order valence-corrected chi connectivity index (χ4v) is 2.28. The zero-order valence-electron chi connectivity index (χ0n) is 10.9. The van der Waals surface area contributed by atoms with E-state index in [1.165, 1.54) is 0 Å². The molecule has 1 aliphatic rings. The van der Waals surface area contributed by atoms with Crippen LogP contribution in [-0.2, 0) is 16.0 Å². The molecule has 1 aliphatic heterocycles. The molecule has 104 valence electrons. The van der Waals surface area contributed by atoms with E-state index in [0.717, 1.165) is 11.3 Å². The third-order valence-electron chi connectivity index (χ3n) is 3.42. The summed E-state index contributed by atoms with van der Waals surface area (Å²) in [5.41, 5.74) is 7.56. The number of nitrogen functional groups attached to an aromatic ring is 1. The van der Waals surface area contributed by atoms with Gasteiger partial charge in [0.15, 0.2) is 0 Å². The molecule has 5 heteroatoms. The van der Waals surface area contributed by atoms with Gasteiger partial charge in [0.05, 0.1) is 25.9 Å². The number of carbonyl (C=O) groups excluding carboxylic acids is 1. The van der Waals surface area contributed by atoms with E-state index in [2.05, 4.69) is 0 Å². The second-order valence-corrected chi connectivity index (χ2v) is 4.70. The standard InChI is InChI=1S/C14H20N2O3/c15-13-4-2-1-3-11(13)5-6-14(18)16-7-8-19-10-12(16)9-17/h1-4,12,17H,5-10,15H2. The number of nitrogens with zero attached hydrogens (tertiary/aromatic N) is 1. The third kappa shape index (κ3) is 3.45. The van der Waals surface area contributed by atoms with Gasteiger partial charge >= 0.3 is 0 Å². The van der Waals surface area contributed by atoms with Crippen LogP contribution in [0.5, 0.6) is 0 Å². The van der Waals surface area contributed by atoms with Crippen LogP contribution in [0.15, 0.2) is 24.3 Å². The van der Waals surface area contributed by atoms with E-state index in [-0.39, 0.29) is 18.6 Å². The third-order valence-corrected chi connectivity index (χ3v) is 3.42. The quantitative estimate of drug-likeness (QED) is 0.773. The van der Waals surface area contributed by atoms with Crippen molar-refractivity contribution < 1.29 is 14.6 Å². The topological polar surface area (TPSA) is 75.8 Å². The van der Waals surface area contributed by atoms with Crippen LogP contribution >= 0.6 is 0 Å². The lowest BCUT2D eigenvalue weighted by Gasteiger charge is -2.34. The van der Waals surface area contributed by atoms with E-state index in [4.69, 9.17) is 10.5 Å². The Morgan fingerprint density at radius 1 is 1.47 bits per heavy atom. The molecular formula is C14H20N2O3. The Bertz CT molecular complexity index is 436. The molecule has 1 fully saturated rings. The summed E-state index contributed by atoms with van der Waals surface area (Å²) in [5.74, 6) is 0.0469. The minimum Gasteiger partial charge on any atom is -0.399 e. The molecule has 0 bridgehead atoms. The molecule has 0 radical (unpaired) electrons. The van der Waals surface area contributed by atoms with Gasteiger partial charge in [0.2, 0.25) is 5.91 Å². The Hall–Kier alpha value is -1.59. The lowest BCUT2D eigenvalue weighted by atomic mass is 10.1. The van der Waals surface area contributed by atoms with Gasteiger partial charge in [-0.2, -0.15) is 0 Å². The highest BCUT2D eigenvalue weighted by molar-refractivity contribution is 5.77. The largest absolute Gasteiger partial charge is 0.399 e. The van der Waals surface area contributed by atoms with Crippen molar-refractivity contribution in [2.24, 2.45) is 0 Å². The first kappa shape index (κ1) is 13.8. The number of ether oxygens (including phenoxy) is 1. The Morgan fingerprint density at radius 3 is 3.00 bits per heavy atom. The maximum Gasteiger partial charge on any atom is 0.223 e. The Labute approximate surface area is 113 Å². The molecule has 1 heterocycles. The molecule has 0 aromatic heterocycles. The molecule has 1 amide bonds. The monoisotopic (exact) mass is 264 g/mol. The molecule has 0 spiro atoms. The minimum atomic E-state index is -0.214. The SMILES string of the molecule is Nc1ccccc1CCC(=O)N1CCOCC1CO. The molecule has 19 heavy (non-hydrogen) atoms. The second kappa shape index (κ2) is 6.54. The Morgan fingerprint density at radius 2 is 2.26 bits per heavy atom. The molecule has 1 aromatic carbocycles. The normalized spacial score (nSPS) is 19.4. The van der Waals surface area contributed by atoms with Gasteiger partial charge < -0.3 is 20.5 Å². The maximum absolute atomic E-state index is 12.2. The van der Waals surface area contributed by atoms with Crippen molar-refractivity contribution in [3.63, 3.8) is 0 Å². The van der Waals surface area contributed by atoms with E-state index in [0.29, 0.717) is 32.6 Å². The number of rotatable bonds is 4. The van der Waals surface area contributed by atoms with Crippen LogP contribution in [0.4, 0.5) is 5.69 Å². The number of hydrogen-bond acceptors (Lipinski definition) is 4. The molecule has 0 saturated carbocycles. The number of carbonyl (C=O) groups is 1. The van der Waals surface area contributed by atoms with Crippen LogP contribution in [0.3, 0.4) is 0 Å². The fraction of sp³-hybridized carbons (Fsp3) is 0.500. The van der Waals surface area contributed by atoms with Crippen molar-refractivity contribution in [3.8, 4) is 0 Å². The Kier molecular flexibility index (Phi) is 4.76. The number of amides is 1. The van der Waals surface area contributed by atoms with Crippen molar-refractivity contribution >= 4 is 11.6 Å². The molecule has 1 saturated heterocycles. The van der Waals surface area contributed by atoms with Crippen LogP contribution < -0.4 is 5.73 Å². The number of benzene rings is 1. The number of aryl methyl sites for hydroxylation is 1. The molecule has 1 aromatic rings. The second-order valence-electron chi connectivity index (χ2n) is 4.70. The van der Waals surface area contributed by atoms with Gasteiger partial charge in [-0.3, -0.25) is 4.79 Å². The minimum absolute atomic E-state index is 0.0469. The van der Waals surface area contributed by atoms with Crippen molar-refractivity contribution in [2.75, 3.05) is 32.1 Å². The fourth-order valence-electron chi connectivity index (χ4n) is 2.28. The molecule has 5 nitrogen and oxygen atoms in total. The van der Waals surface area contributed by atoms with Crippen LogP contribution in [-0.4, -0.2) is 48.3 Å². The lowest BCUT2D eigenvalue weighted by Crippen LogP contribution is -2.50. The summed E-state index contributed by atoms with van der Waals surface area (Å²) in [5, 5.41) is 9.25. The van der Waals surface area contributed by atoms with Gasteiger partial charge in [0, 0.05) is 18.7 Å². The number of hydrogen-bond donors (Lipinski definition) is 2. The number of morpholine rings is 1. The summed E-state index contributed by atoms with van der Waals surface area (Å²) in [6, 6.07) is 7.36. The molecule has 0 aliphatic carbocycles. The first-order chi connectivity index (χ1) is 9.22. The zero-order valence-corrected chi connectivity index (χ0v) is 10.9. The van der Waals surface area contributed by atoms with Gasteiger partial charge in [0.25, 0.3) is 0 Å². The highest BCUT2D eigenvalue weighted by atomic mass is 16.5. The van der Waals surface area contributed by atoms with E-state index >= 15 is 0 Å². The van der Waals surface area contributed by atoms with Crippen LogP contribution in [0.1, 0.15) is 12.0 Å². The van der Waals surface area contributed by atoms with Crippen molar-refractivity contribution in [1.29, 1.82) is 0 Å². The van der Waals surface area contributed by atoms with Crippen molar-refractivity contribution in [2.45, 2.75) is 18.9 Å². The van der Waals surface area contributed by atoms with Gasteiger partial charge in [-0.15, -0.1) is 0 Å².